The summed E-state index contributed by atoms with van der Waals surface area (Å²) in [4.78, 5) is 50.1. The van der Waals surface area contributed by atoms with E-state index in [4.69, 9.17) is 18.9 Å². The summed E-state index contributed by atoms with van der Waals surface area (Å²) in [7, 11) is 0. The maximum Gasteiger partial charge on any atom is 0.342 e. The lowest BCUT2D eigenvalue weighted by atomic mass is 9.55. The minimum absolute atomic E-state index is 0.0812. The van der Waals surface area contributed by atoms with Crippen molar-refractivity contribution in [2.24, 2.45) is 11.3 Å². The lowest BCUT2D eigenvalue weighted by Gasteiger charge is -2.52. The van der Waals surface area contributed by atoms with Crippen LogP contribution in [0.5, 0.6) is 0 Å². The van der Waals surface area contributed by atoms with Crippen molar-refractivity contribution < 1.29 is 48.3 Å². The smallest absolute Gasteiger partial charge is 0.342 e. The highest BCUT2D eigenvalue weighted by molar-refractivity contribution is 5.98. The number of aliphatic hydroxyl groups is 2. The minimum Gasteiger partial charge on any atom is -0.462 e. The maximum atomic E-state index is 12.9. The molecule has 9 unspecified atom stereocenters. The summed E-state index contributed by atoms with van der Waals surface area (Å²) in [6, 6.07) is 0. The zero-order chi connectivity index (χ0) is 25.4. The van der Waals surface area contributed by atoms with Crippen LogP contribution in [0.1, 0.15) is 48.0 Å². The number of rotatable bonds is 2. The van der Waals surface area contributed by atoms with Gasteiger partial charge < -0.3 is 29.2 Å². The van der Waals surface area contributed by atoms with E-state index in [0.717, 1.165) is 0 Å². The van der Waals surface area contributed by atoms with Gasteiger partial charge >= 0.3 is 17.9 Å². The molecule has 0 aromatic heterocycles. The van der Waals surface area contributed by atoms with Crippen LogP contribution in [-0.4, -0.2) is 75.1 Å². The van der Waals surface area contributed by atoms with Gasteiger partial charge in [0.05, 0.1) is 6.10 Å². The Bertz CT molecular complexity index is 1030. The lowest BCUT2D eigenvalue weighted by Crippen LogP contribution is -2.66. The molecule has 10 nitrogen and oxygen atoms in total. The zero-order valence-electron chi connectivity index (χ0n) is 20.0. The van der Waals surface area contributed by atoms with Gasteiger partial charge in [0.15, 0.2) is 23.1 Å². The topological polar surface area (TPSA) is 149 Å². The Morgan fingerprint density at radius 1 is 1.12 bits per heavy atom. The van der Waals surface area contributed by atoms with E-state index in [1.807, 2.05) is 0 Å². The third kappa shape index (κ3) is 3.19. The molecule has 2 aliphatic carbocycles. The molecule has 10 heteroatoms. The van der Waals surface area contributed by atoms with E-state index in [1.165, 1.54) is 45.9 Å². The summed E-state index contributed by atoms with van der Waals surface area (Å²) >= 11 is 0. The predicted octanol–water partition coefficient (Wildman–Crippen LogP) is 0.526. The van der Waals surface area contributed by atoms with Gasteiger partial charge in [-0.05, 0) is 38.5 Å². The summed E-state index contributed by atoms with van der Waals surface area (Å²) < 4.78 is 22.9. The number of ether oxygens (including phenoxy) is 4. The van der Waals surface area contributed by atoms with E-state index in [0.29, 0.717) is 5.57 Å². The van der Waals surface area contributed by atoms with E-state index in [1.54, 1.807) is 13.8 Å². The molecule has 0 saturated carbocycles. The van der Waals surface area contributed by atoms with E-state index < -0.39 is 76.2 Å². The molecule has 2 N–H and O–H groups in total. The summed E-state index contributed by atoms with van der Waals surface area (Å²) in [5, 5.41) is 22.5. The van der Waals surface area contributed by atoms with Crippen molar-refractivity contribution in [2.75, 3.05) is 0 Å². The van der Waals surface area contributed by atoms with E-state index in [-0.39, 0.29) is 6.42 Å². The van der Waals surface area contributed by atoms with Crippen LogP contribution in [0.4, 0.5) is 0 Å². The molecule has 9 atom stereocenters. The molecule has 1 spiro atoms. The first kappa shape index (κ1) is 24.6. The standard InChI is InChI=1S/C24H30O10/c1-11-9-17-24(23(6,34-24)20(29)33-17)19(32-13(3)26)18-21(4,8-7-15(28)22(18,5)30)16(10-14(11)27)31-12(2)25/h7-9,14,16-19,27,30H,10H2,1-6H3. The fourth-order valence-electron chi connectivity index (χ4n) is 5.97. The number of fused-ring (bicyclic) bond motifs is 1. The number of hydrogen-bond donors (Lipinski definition) is 2. The van der Waals surface area contributed by atoms with Crippen LogP contribution in [0.15, 0.2) is 23.8 Å². The van der Waals surface area contributed by atoms with Crippen molar-refractivity contribution in [2.45, 2.75) is 89.2 Å². The number of hydrogen-bond acceptors (Lipinski definition) is 10. The Morgan fingerprint density at radius 2 is 1.74 bits per heavy atom. The number of epoxide rings is 1. The summed E-state index contributed by atoms with van der Waals surface area (Å²) in [6.45, 7) is 8.44. The molecule has 0 aromatic carbocycles. The van der Waals surface area contributed by atoms with Crippen LogP contribution < -0.4 is 0 Å². The molecule has 2 heterocycles. The third-order valence-corrected chi connectivity index (χ3v) is 7.89. The van der Waals surface area contributed by atoms with Crippen molar-refractivity contribution >= 4 is 23.7 Å². The van der Waals surface area contributed by atoms with Crippen LogP contribution in [-0.2, 0) is 38.1 Å². The molecule has 2 saturated heterocycles. The Hall–Kier alpha value is -2.56. The summed E-state index contributed by atoms with van der Waals surface area (Å²) in [6.07, 6.45) is -0.423. The van der Waals surface area contributed by atoms with Crippen molar-refractivity contribution in [3.8, 4) is 0 Å². The predicted molar refractivity (Wildman–Crippen MR) is 114 cm³/mol. The fourth-order valence-corrected chi connectivity index (χ4v) is 5.97. The van der Waals surface area contributed by atoms with Gasteiger partial charge in [0, 0.05) is 31.6 Å². The van der Waals surface area contributed by atoms with Crippen LogP contribution in [0.3, 0.4) is 0 Å². The van der Waals surface area contributed by atoms with Gasteiger partial charge in [-0.15, -0.1) is 0 Å². The first-order valence-corrected chi connectivity index (χ1v) is 11.2. The highest BCUT2D eigenvalue weighted by atomic mass is 16.7. The van der Waals surface area contributed by atoms with Crippen LogP contribution in [0, 0.1) is 11.3 Å². The number of carbonyl (C=O) groups excluding carboxylic acids is 4. The normalized spacial score (nSPS) is 47.4. The van der Waals surface area contributed by atoms with Crippen LogP contribution in [0.25, 0.3) is 0 Å². The Morgan fingerprint density at radius 3 is 2.29 bits per heavy atom. The summed E-state index contributed by atoms with van der Waals surface area (Å²) in [5.74, 6) is -3.93. The lowest BCUT2D eigenvalue weighted by molar-refractivity contribution is -0.199. The molecule has 34 heavy (non-hydrogen) atoms. The zero-order valence-corrected chi connectivity index (χ0v) is 20.0. The average molecular weight is 478 g/mol. The van der Waals surface area contributed by atoms with Gasteiger partial charge in [-0.3, -0.25) is 14.4 Å². The highest BCUT2D eigenvalue weighted by Gasteiger charge is 2.87. The van der Waals surface area contributed by atoms with Gasteiger partial charge in [-0.1, -0.05) is 13.0 Å². The highest BCUT2D eigenvalue weighted by Crippen LogP contribution is 2.65. The van der Waals surface area contributed by atoms with Gasteiger partial charge in [0.1, 0.15) is 17.8 Å². The molecular weight excluding hydrogens is 448 g/mol. The molecule has 0 amide bonds. The van der Waals surface area contributed by atoms with Crippen molar-refractivity contribution in [1.82, 2.24) is 0 Å². The number of carbonyl (C=O) groups is 4. The van der Waals surface area contributed by atoms with Crippen molar-refractivity contribution in [3.05, 3.63) is 23.8 Å². The molecule has 4 aliphatic rings. The van der Waals surface area contributed by atoms with Gasteiger partial charge in [0.2, 0.25) is 0 Å². The first-order valence-electron chi connectivity index (χ1n) is 11.2. The van der Waals surface area contributed by atoms with E-state index in [2.05, 4.69) is 0 Å². The molecule has 2 fully saturated rings. The molecule has 0 bridgehead atoms. The molecule has 2 aliphatic heterocycles. The second-order valence-electron chi connectivity index (χ2n) is 10.2. The SMILES string of the molecule is CC(=O)OC1CC(O)C(C)=CC2OC(=O)C3(C)OC23C(OC(C)=O)C2C(C)(O)C(=O)C=CC12C. The Kier molecular flexibility index (Phi) is 5.39. The van der Waals surface area contributed by atoms with Crippen molar-refractivity contribution in [1.29, 1.82) is 0 Å². The van der Waals surface area contributed by atoms with E-state index >= 15 is 0 Å². The second-order valence-corrected chi connectivity index (χ2v) is 10.2. The maximum absolute atomic E-state index is 12.9. The number of ketones is 1. The molecule has 0 radical (unpaired) electrons. The largest absolute Gasteiger partial charge is 0.462 e. The third-order valence-electron chi connectivity index (χ3n) is 7.89. The van der Waals surface area contributed by atoms with E-state index in [9.17, 15) is 29.4 Å². The van der Waals surface area contributed by atoms with Gasteiger partial charge in [-0.25, -0.2) is 4.79 Å². The number of esters is 3. The average Bonchev–Trinajstić information content (AvgIpc) is 3.30. The van der Waals surface area contributed by atoms with Crippen LogP contribution in [0.2, 0.25) is 0 Å². The molecular formula is C24H30O10. The number of aliphatic hydroxyl groups excluding tert-OH is 1. The quantitative estimate of drug-likeness (QED) is 0.249. The first-order chi connectivity index (χ1) is 15.6. The fraction of sp³-hybridized carbons (Fsp3) is 0.667. The van der Waals surface area contributed by atoms with Gasteiger partial charge in [-0.2, -0.15) is 0 Å². The van der Waals surface area contributed by atoms with Gasteiger partial charge in [0.25, 0.3) is 0 Å². The van der Waals surface area contributed by atoms with Crippen molar-refractivity contribution in [3.63, 3.8) is 0 Å². The molecule has 4 rings (SSSR count). The Balaban J connectivity index is 2.03. The molecule has 186 valence electrons. The van der Waals surface area contributed by atoms with Crippen LogP contribution >= 0.6 is 0 Å². The minimum atomic E-state index is -2.11. The second kappa shape index (κ2) is 7.47. The monoisotopic (exact) mass is 478 g/mol. The molecule has 0 aromatic rings. The summed E-state index contributed by atoms with van der Waals surface area (Å²) in [5.41, 5.74) is -6.09. The Labute approximate surface area is 196 Å².